The molecule has 0 fully saturated rings. The largest absolute Gasteiger partial charge is 0.492 e. The summed E-state index contributed by atoms with van der Waals surface area (Å²) in [6, 6.07) is 6.67. The van der Waals surface area contributed by atoms with Crippen molar-refractivity contribution in [2.45, 2.75) is 46.1 Å². The zero-order chi connectivity index (χ0) is 15.0. The highest BCUT2D eigenvalue weighted by Crippen LogP contribution is 2.27. The summed E-state index contributed by atoms with van der Waals surface area (Å²) in [5.41, 5.74) is 2.50. The van der Waals surface area contributed by atoms with E-state index < -0.39 is 0 Å². The van der Waals surface area contributed by atoms with Crippen LogP contribution in [0.1, 0.15) is 44.2 Å². The van der Waals surface area contributed by atoms with Crippen LogP contribution in [0.2, 0.25) is 0 Å². The summed E-state index contributed by atoms with van der Waals surface area (Å²) in [6.45, 7) is 10.9. The lowest BCUT2D eigenvalue weighted by Crippen LogP contribution is -2.38. The fourth-order valence-corrected chi connectivity index (χ4v) is 2.15. The Morgan fingerprint density at radius 2 is 1.95 bits per heavy atom. The number of hydrogen-bond acceptors (Lipinski definition) is 3. The number of ether oxygens (including phenoxy) is 2. The summed E-state index contributed by atoms with van der Waals surface area (Å²) in [5.74, 6) is 1.47. The van der Waals surface area contributed by atoms with E-state index in [1.165, 1.54) is 11.1 Å². The van der Waals surface area contributed by atoms with E-state index in [1.54, 1.807) is 7.11 Å². The highest BCUT2D eigenvalue weighted by Gasteiger charge is 2.12. The number of benzene rings is 1. The molecule has 0 bridgehead atoms. The van der Waals surface area contributed by atoms with Gasteiger partial charge in [0.15, 0.2) is 0 Å². The topological polar surface area (TPSA) is 30.5 Å². The molecule has 1 atom stereocenters. The van der Waals surface area contributed by atoms with Crippen LogP contribution in [0.5, 0.6) is 5.75 Å². The van der Waals surface area contributed by atoms with Gasteiger partial charge >= 0.3 is 0 Å². The van der Waals surface area contributed by atoms with Crippen molar-refractivity contribution in [2.75, 3.05) is 26.9 Å². The van der Waals surface area contributed by atoms with Crippen molar-refractivity contribution in [3.05, 3.63) is 29.3 Å². The van der Waals surface area contributed by atoms with Crippen LogP contribution >= 0.6 is 0 Å². The Morgan fingerprint density at radius 1 is 1.20 bits per heavy atom. The third kappa shape index (κ3) is 5.51. The van der Waals surface area contributed by atoms with Gasteiger partial charge in [0.2, 0.25) is 0 Å². The number of aryl methyl sites for hydroxylation is 1. The van der Waals surface area contributed by atoms with Crippen LogP contribution in [-0.2, 0) is 4.74 Å². The smallest absolute Gasteiger partial charge is 0.123 e. The van der Waals surface area contributed by atoms with E-state index in [0.717, 1.165) is 18.7 Å². The zero-order valence-corrected chi connectivity index (χ0v) is 13.5. The van der Waals surface area contributed by atoms with E-state index in [0.29, 0.717) is 19.1 Å². The molecular formula is C17H29NO2. The molecule has 3 nitrogen and oxygen atoms in total. The minimum atomic E-state index is 0.237. The summed E-state index contributed by atoms with van der Waals surface area (Å²) in [4.78, 5) is 0. The monoisotopic (exact) mass is 279 g/mol. The Labute approximate surface area is 123 Å². The molecule has 0 amide bonds. The summed E-state index contributed by atoms with van der Waals surface area (Å²) in [5, 5.41) is 3.45. The number of nitrogens with one attached hydrogen (secondary N) is 1. The highest BCUT2D eigenvalue weighted by molar-refractivity contribution is 5.39. The molecule has 0 aliphatic carbocycles. The molecule has 1 aromatic rings. The van der Waals surface area contributed by atoms with Crippen LogP contribution < -0.4 is 10.1 Å². The summed E-state index contributed by atoms with van der Waals surface area (Å²) < 4.78 is 11.3. The zero-order valence-electron chi connectivity index (χ0n) is 13.5. The average molecular weight is 279 g/mol. The first-order valence-corrected chi connectivity index (χ1v) is 7.54. The first kappa shape index (κ1) is 17.0. The average Bonchev–Trinajstić information content (AvgIpc) is 2.41. The van der Waals surface area contributed by atoms with Crippen molar-refractivity contribution in [1.29, 1.82) is 0 Å². The van der Waals surface area contributed by atoms with Crippen LogP contribution in [0, 0.1) is 6.92 Å². The van der Waals surface area contributed by atoms with Gasteiger partial charge in [-0.1, -0.05) is 32.9 Å². The summed E-state index contributed by atoms with van der Waals surface area (Å²) >= 11 is 0. The lowest BCUT2D eigenvalue weighted by Gasteiger charge is -2.20. The quantitative estimate of drug-likeness (QED) is 0.750. The molecule has 0 aliphatic rings. The molecule has 0 spiro atoms. The molecule has 1 rings (SSSR count). The molecule has 3 heteroatoms. The molecule has 114 valence electrons. The van der Waals surface area contributed by atoms with Crippen molar-refractivity contribution >= 4 is 0 Å². The summed E-state index contributed by atoms with van der Waals surface area (Å²) in [6.07, 6.45) is 1.11. The molecule has 0 saturated heterocycles. The second kappa shape index (κ2) is 8.98. The molecule has 0 aliphatic heterocycles. The van der Waals surface area contributed by atoms with Gasteiger partial charge in [-0.25, -0.2) is 0 Å². The van der Waals surface area contributed by atoms with Gasteiger partial charge in [-0.05, 0) is 43.0 Å². The molecular weight excluding hydrogens is 250 g/mol. The van der Waals surface area contributed by atoms with E-state index in [2.05, 4.69) is 51.2 Å². The molecule has 20 heavy (non-hydrogen) atoms. The Hall–Kier alpha value is -1.06. The van der Waals surface area contributed by atoms with Crippen molar-refractivity contribution in [3.8, 4) is 5.75 Å². The van der Waals surface area contributed by atoms with Gasteiger partial charge in [0, 0.05) is 7.11 Å². The maximum Gasteiger partial charge on any atom is 0.123 e. The molecule has 1 aromatic carbocycles. The van der Waals surface area contributed by atoms with Crippen molar-refractivity contribution in [1.82, 2.24) is 5.32 Å². The highest BCUT2D eigenvalue weighted by atomic mass is 16.5. The Balaban J connectivity index is 2.68. The van der Waals surface area contributed by atoms with Crippen LogP contribution in [0.15, 0.2) is 18.2 Å². The fraction of sp³-hybridized carbons (Fsp3) is 0.647. The van der Waals surface area contributed by atoms with E-state index in [1.807, 2.05) is 0 Å². The van der Waals surface area contributed by atoms with Gasteiger partial charge in [0.05, 0.1) is 12.6 Å². The van der Waals surface area contributed by atoms with Crippen molar-refractivity contribution in [3.63, 3.8) is 0 Å². The van der Waals surface area contributed by atoms with Crippen molar-refractivity contribution < 1.29 is 9.47 Å². The van der Waals surface area contributed by atoms with Gasteiger partial charge in [-0.15, -0.1) is 0 Å². The number of rotatable bonds is 9. The predicted octanol–water partition coefficient (Wildman–Crippen LogP) is 3.51. The van der Waals surface area contributed by atoms with Gasteiger partial charge < -0.3 is 14.8 Å². The van der Waals surface area contributed by atoms with Crippen LogP contribution in [0.3, 0.4) is 0 Å². The van der Waals surface area contributed by atoms with Crippen LogP contribution in [0.25, 0.3) is 0 Å². The molecule has 1 N–H and O–H groups in total. The fourth-order valence-electron chi connectivity index (χ4n) is 2.15. The van der Waals surface area contributed by atoms with E-state index in [4.69, 9.17) is 9.47 Å². The Morgan fingerprint density at radius 3 is 2.55 bits per heavy atom. The molecule has 0 radical (unpaired) electrons. The number of hydrogen-bond donors (Lipinski definition) is 1. The second-order valence-electron chi connectivity index (χ2n) is 5.61. The molecule has 1 unspecified atom stereocenters. The standard InChI is InChI=1S/C17H29NO2/c1-6-9-18-15(11-19-5)12-20-17-10-14(4)7-8-16(17)13(2)3/h7-8,10,13,15,18H,6,9,11-12H2,1-5H3. The minimum Gasteiger partial charge on any atom is -0.492 e. The van der Waals surface area contributed by atoms with E-state index in [-0.39, 0.29) is 6.04 Å². The Bertz CT molecular complexity index is 391. The molecule has 0 heterocycles. The first-order valence-electron chi connectivity index (χ1n) is 7.54. The van der Waals surface area contributed by atoms with Gasteiger partial charge in [-0.3, -0.25) is 0 Å². The van der Waals surface area contributed by atoms with Crippen LogP contribution in [0.4, 0.5) is 0 Å². The number of methoxy groups -OCH3 is 1. The normalized spacial score (nSPS) is 12.7. The first-order chi connectivity index (χ1) is 9.58. The van der Waals surface area contributed by atoms with Gasteiger partial charge in [-0.2, -0.15) is 0 Å². The SMILES string of the molecule is CCCNC(COC)COc1cc(C)ccc1C(C)C. The van der Waals surface area contributed by atoms with E-state index in [9.17, 15) is 0 Å². The lowest BCUT2D eigenvalue weighted by molar-refractivity contribution is 0.135. The molecule has 0 saturated carbocycles. The van der Waals surface area contributed by atoms with Gasteiger partial charge in [0.25, 0.3) is 0 Å². The maximum atomic E-state index is 6.05. The van der Waals surface area contributed by atoms with Crippen LogP contribution in [-0.4, -0.2) is 32.9 Å². The Kier molecular flexibility index (Phi) is 7.63. The maximum absolute atomic E-state index is 6.05. The lowest BCUT2D eigenvalue weighted by atomic mass is 10.0. The third-order valence-corrected chi connectivity index (χ3v) is 3.28. The van der Waals surface area contributed by atoms with Crippen molar-refractivity contribution in [2.24, 2.45) is 0 Å². The summed E-state index contributed by atoms with van der Waals surface area (Å²) in [7, 11) is 1.73. The molecule has 0 aromatic heterocycles. The third-order valence-electron chi connectivity index (χ3n) is 3.28. The van der Waals surface area contributed by atoms with E-state index >= 15 is 0 Å². The minimum absolute atomic E-state index is 0.237. The van der Waals surface area contributed by atoms with Gasteiger partial charge in [0.1, 0.15) is 12.4 Å². The second-order valence-corrected chi connectivity index (χ2v) is 5.61. The predicted molar refractivity (Wildman–Crippen MR) is 84.7 cm³/mol.